The van der Waals surface area contributed by atoms with Gasteiger partial charge in [-0.1, -0.05) is 0 Å². The van der Waals surface area contributed by atoms with Crippen molar-refractivity contribution < 1.29 is 9.90 Å². The van der Waals surface area contributed by atoms with Crippen molar-refractivity contribution in [2.75, 3.05) is 6.54 Å². The van der Waals surface area contributed by atoms with Crippen LogP contribution < -0.4 is 5.32 Å². The summed E-state index contributed by atoms with van der Waals surface area (Å²) in [4.78, 5) is 9.81. The Hall–Kier alpha value is -0.220. The molecule has 0 radical (unpaired) electrons. The van der Waals surface area contributed by atoms with Crippen molar-refractivity contribution in [3.05, 3.63) is 0 Å². The SMILES string of the molecule is C[C@H](S)NCC(=O)O. The standard InChI is InChI=1S/C4H9NO2S/c1-3(8)5-2-4(6)7/h3,5,8H,2H2,1H3,(H,6,7)/t3-/m0/s1. The Labute approximate surface area is 53.5 Å². The van der Waals surface area contributed by atoms with Gasteiger partial charge in [-0.3, -0.25) is 10.1 Å². The van der Waals surface area contributed by atoms with E-state index in [0.717, 1.165) is 0 Å². The van der Waals surface area contributed by atoms with Gasteiger partial charge in [0.1, 0.15) is 0 Å². The molecule has 0 aliphatic rings. The molecule has 0 saturated heterocycles. The fraction of sp³-hybridized carbons (Fsp3) is 0.750. The molecule has 8 heavy (non-hydrogen) atoms. The zero-order chi connectivity index (χ0) is 6.57. The Morgan fingerprint density at radius 3 is 2.62 bits per heavy atom. The zero-order valence-corrected chi connectivity index (χ0v) is 5.48. The van der Waals surface area contributed by atoms with Gasteiger partial charge in [0.25, 0.3) is 0 Å². The summed E-state index contributed by atoms with van der Waals surface area (Å²) in [7, 11) is 0. The largest absolute Gasteiger partial charge is 0.480 e. The first kappa shape index (κ1) is 7.78. The van der Waals surface area contributed by atoms with Crippen molar-refractivity contribution in [2.45, 2.75) is 12.3 Å². The fourth-order valence-electron chi connectivity index (χ4n) is 0.235. The smallest absolute Gasteiger partial charge is 0.317 e. The van der Waals surface area contributed by atoms with E-state index in [-0.39, 0.29) is 11.9 Å². The van der Waals surface area contributed by atoms with Crippen LogP contribution in [-0.4, -0.2) is 23.0 Å². The van der Waals surface area contributed by atoms with Crippen LogP contribution >= 0.6 is 12.6 Å². The molecule has 0 rings (SSSR count). The van der Waals surface area contributed by atoms with E-state index in [1.165, 1.54) is 0 Å². The van der Waals surface area contributed by atoms with Crippen LogP contribution in [0.3, 0.4) is 0 Å². The molecule has 3 nitrogen and oxygen atoms in total. The maximum absolute atomic E-state index is 9.81. The molecule has 0 fully saturated rings. The van der Waals surface area contributed by atoms with Crippen LogP contribution in [0.2, 0.25) is 0 Å². The number of nitrogens with one attached hydrogen (secondary N) is 1. The van der Waals surface area contributed by atoms with Gasteiger partial charge in [0, 0.05) is 5.37 Å². The molecule has 0 aromatic carbocycles. The molecule has 0 saturated carbocycles. The molecule has 1 atom stereocenters. The predicted octanol–water partition coefficient (Wildman–Crippen LogP) is -0.0636. The minimum absolute atomic E-state index is 0.0231. The molecule has 0 aromatic rings. The van der Waals surface area contributed by atoms with Crippen LogP contribution in [-0.2, 0) is 4.79 Å². The Balaban J connectivity index is 3.05. The highest BCUT2D eigenvalue weighted by atomic mass is 32.1. The Morgan fingerprint density at radius 2 is 2.50 bits per heavy atom. The van der Waals surface area contributed by atoms with Crippen molar-refractivity contribution in [2.24, 2.45) is 0 Å². The molecule has 0 spiro atoms. The van der Waals surface area contributed by atoms with Crippen molar-refractivity contribution in [1.29, 1.82) is 0 Å². The van der Waals surface area contributed by atoms with Crippen LogP contribution in [0.4, 0.5) is 0 Å². The van der Waals surface area contributed by atoms with Gasteiger partial charge in [-0.25, -0.2) is 0 Å². The number of hydrogen-bond acceptors (Lipinski definition) is 3. The summed E-state index contributed by atoms with van der Waals surface area (Å²) in [5, 5.41) is 10.6. The highest BCUT2D eigenvalue weighted by Gasteiger charge is 1.96. The van der Waals surface area contributed by atoms with Crippen molar-refractivity contribution in [3.63, 3.8) is 0 Å². The highest BCUT2D eigenvalue weighted by molar-refractivity contribution is 7.80. The minimum atomic E-state index is -0.856. The molecule has 0 aliphatic carbocycles. The summed E-state index contributed by atoms with van der Waals surface area (Å²) in [6, 6.07) is 0. The molecule has 2 N–H and O–H groups in total. The molecule has 0 heterocycles. The average Bonchev–Trinajstić information content (AvgIpc) is 1.61. The van der Waals surface area contributed by atoms with E-state index in [2.05, 4.69) is 17.9 Å². The van der Waals surface area contributed by atoms with Gasteiger partial charge >= 0.3 is 5.97 Å². The van der Waals surface area contributed by atoms with Crippen molar-refractivity contribution >= 4 is 18.6 Å². The normalized spacial score (nSPS) is 13.2. The summed E-state index contributed by atoms with van der Waals surface area (Å²) in [6.45, 7) is 1.75. The lowest BCUT2D eigenvalue weighted by atomic mass is 10.6. The maximum atomic E-state index is 9.81. The lowest BCUT2D eigenvalue weighted by Crippen LogP contribution is -2.27. The van der Waals surface area contributed by atoms with Crippen LogP contribution in [0.1, 0.15) is 6.92 Å². The van der Waals surface area contributed by atoms with Crippen molar-refractivity contribution in [1.82, 2.24) is 5.32 Å². The Kier molecular flexibility index (Phi) is 3.64. The molecule has 0 aromatic heterocycles. The van der Waals surface area contributed by atoms with Crippen LogP contribution in [0.5, 0.6) is 0 Å². The number of carbonyl (C=O) groups is 1. The van der Waals surface area contributed by atoms with Gasteiger partial charge in [-0.2, -0.15) is 12.6 Å². The molecule has 0 bridgehead atoms. The Morgan fingerprint density at radius 1 is 2.00 bits per heavy atom. The molecule has 48 valence electrons. The molecule has 0 unspecified atom stereocenters. The second-order valence-electron chi connectivity index (χ2n) is 1.45. The van der Waals surface area contributed by atoms with Gasteiger partial charge in [0.2, 0.25) is 0 Å². The summed E-state index contributed by atoms with van der Waals surface area (Å²) in [6.07, 6.45) is 0. The van der Waals surface area contributed by atoms with Gasteiger partial charge in [0.05, 0.1) is 6.54 Å². The second-order valence-corrected chi connectivity index (χ2v) is 2.23. The van der Waals surface area contributed by atoms with Gasteiger partial charge in [0.15, 0.2) is 0 Å². The van der Waals surface area contributed by atoms with E-state index in [4.69, 9.17) is 5.11 Å². The Bertz CT molecular complexity index is 84.1. The van der Waals surface area contributed by atoms with Crippen LogP contribution in [0.25, 0.3) is 0 Å². The van der Waals surface area contributed by atoms with Gasteiger partial charge in [-0.05, 0) is 6.92 Å². The van der Waals surface area contributed by atoms with Crippen molar-refractivity contribution in [3.8, 4) is 0 Å². The first-order chi connectivity index (χ1) is 3.63. The zero-order valence-electron chi connectivity index (χ0n) is 4.59. The first-order valence-electron chi connectivity index (χ1n) is 2.26. The van der Waals surface area contributed by atoms with Crippen LogP contribution in [0.15, 0.2) is 0 Å². The first-order valence-corrected chi connectivity index (χ1v) is 2.78. The molecular formula is C4H9NO2S. The third-order valence-electron chi connectivity index (χ3n) is 0.549. The van der Waals surface area contributed by atoms with E-state index in [0.29, 0.717) is 0 Å². The third kappa shape index (κ3) is 5.78. The number of thiol groups is 1. The number of carboxylic acids is 1. The topological polar surface area (TPSA) is 49.3 Å². The second kappa shape index (κ2) is 3.74. The lowest BCUT2D eigenvalue weighted by molar-refractivity contribution is -0.135. The third-order valence-corrected chi connectivity index (χ3v) is 0.731. The predicted molar refractivity (Wildman–Crippen MR) is 34.1 cm³/mol. The molecule has 0 aliphatic heterocycles. The maximum Gasteiger partial charge on any atom is 0.317 e. The van der Waals surface area contributed by atoms with E-state index in [9.17, 15) is 4.79 Å². The molecule has 0 amide bonds. The number of rotatable bonds is 3. The van der Waals surface area contributed by atoms with E-state index in [1.807, 2.05) is 0 Å². The monoisotopic (exact) mass is 135 g/mol. The van der Waals surface area contributed by atoms with Crippen LogP contribution in [0, 0.1) is 0 Å². The summed E-state index contributed by atoms with van der Waals surface area (Å²) < 4.78 is 0. The highest BCUT2D eigenvalue weighted by Crippen LogP contribution is 1.82. The minimum Gasteiger partial charge on any atom is -0.480 e. The van der Waals surface area contributed by atoms with E-state index < -0.39 is 5.97 Å². The van der Waals surface area contributed by atoms with E-state index in [1.54, 1.807) is 6.92 Å². The average molecular weight is 135 g/mol. The fourth-order valence-corrected chi connectivity index (χ4v) is 0.326. The summed E-state index contributed by atoms with van der Waals surface area (Å²) in [5.41, 5.74) is 0. The molecular weight excluding hydrogens is 126 g/mol. The van der Waals surface area contributed by atoms with E-state index >= 15 is 0 Å². The van der Waals surface area contributed by atoms with Gasteiger partial charge < -0.3 is 5.11 Å². The number of hydrogen-bond donors (Lipinski definition) is 3. The quantitative estimate of drug-likeness (QED) is 0.375. The summed E-state index contributed by atoms with van der Waals surface area (Å²) in [5.74, 6) is -0.856. The number of aliphatic carboxylic acids is 1. The molecule has 4 heteroatoms. The summed E-state index contributed by atoms with van der Waals surface area (Å²) >= 11 is 3.90. The van der Waals surface area contributed by atoms with Gasteiger partial charge in [-0.15, -0.1) is 0 Å². The number of carboxylic acid groups (broad SMARTS) is 1. The lowest BCUT2D eigenvalue weighted by Gasteiger charge is -2.01.